The van der Waals surface area contributed by atoms with Gasteiger partial charge >= 0.3 is 6.00 Å². The average Bonchev–Trinajstić information content (AvgIpc) is 2.04. The van der Waals surface area contributed by atoms with Crippen molar-refractivity contribution in [1.29, 1.82) is 0 Å². The predicted molar refractivity (Wildman–Crippen MR) is 60.7 cm³/mol. The summed E-state index contributed by atoms with van der Waals surface area (Å²) in [5.41, 5.74) is 1.06. The first-order valence-electron chi connectivity index (χ1n) is 4.04. The van der Waals surface area contributed by atoms with Crippen LogP contribution in [0.25, 0.3) is 0 Å². The molecule has 0 aliphatic carbocycles. The van der Waals surface area contributed by atoms with Gasteiger partial charge in [-0.15, -0.1) is 33.2 Å². The number of aromatic nitrogens is 1. The number of hydrogen-bond acceptors (Lipinski definition) is 1. The van der Waals surface area contributed by atoms with E-state index >= 15 is 0 Å². The third kappa shape index (κ3) is 5.52. The maximum absolute atomic E-state index is 5.75. The van der Waals surface area contributed by atoms with Crippen molar-refractivity contribution in [3.8, 4) is 0 Å². The van der Waals surface area contributed by atoms with Crippen LogP contribution in [-0.4, -0.2) is 11.0 Å². The zero-order chi connectivity index (χ0) is 9.73. The molecule has 0 saturated carbocycles. The number of aryl methyl sites for hydroxylation is 1. The summed E-state index contributed by atoms with van der Waals surface area (Å²) >= 11 is 17.2. The summed E-state index contributed by atoms with van der Waals surface area (Å²) in [7, 11) is 0. The van der Waals surface area contributed by atoms with Crippen LogP contribution in [0.3, 0.4) is 0 Å². The zero-order valence-corrected chi connectivity index (χ0v) is 10.3. The Balaban J connectivity index is 2.29. The van der Waals surface area contributed by atoms with Crippen LogP contribution in [0.2, 0.25) is 6.04 Å². The highest BCUT2D eigenvalue weighted by atomic mass is 35.8. The van der Waals surface area contributed by atoms with E-state index in [1.54, 1.807) is 6.20 Å². The first-order chi connectivity index (χ1) is 6.08. The Kier molecular flexibility index (Phi) is 4.53. The molecule has 72 valence electrons. The Labute approximate surface area is 93.2 Å². The number of pyridine rings is 1. The van der Waals surface area contributed by atoms with Crippen molar-refractivity contribution in [3.63, 3.8) is 0 Å². The van der Waals surface area contributed by atoms with Crippen LogP contribution in [-0.2, 0) is 6.42 Å². The molecule has 0 unspecified atom stereocenters. The van der Waals surface area contributed by atoms with Crippen LogP contribution in [0, 0.1) is 0 Å². The van der Waals surface area contributed by atoms with Crippen LogP contribution < -0.4 is 0 Å². The molecule has 0 aliphatic heterocycles. The average molecular weight is 255 g/mol. The highest BCUT2D eigenvalue weighted by Gasteiger charge is 2.23. The molecule has 0 amide bonds. The minimum absolute atomic E-state index is 0.703. The van der Waals surface area contributed by atoms with Gasteiger partial charge in [-0.2, -0.15) is 0 Å². The Hall–Kier alpha value is 0.237. The summed E-state index contributed by atoms with van der Waals surface area (Å²) in [6, 6.07) is 4.13. The lowest BCUT2D eigenvalue weighted by atomic mass is 10.2. The molecule has 0 bridgehead atoms. The van der Waals surface area contributed by atoms with Gasteiger partial charge < -0.3 is 0 Å². The fourth-order valence-electron chi connectivity index (χ4n) is 1.02. The monoisotopic (exact) mass is 253 g/mol. The van der Waals surface area contributed by atoms with Gasteiger partial charge in [-0.1, -0.05) is 6.07 Å². The predicted octanol–water partition coefficient (Wildman–Crippen LogP) is 3.67. The van der Waals surface area contributed by atoms with E-state index in [9.17, 15) is 0 Å². The minimum atomic E-state index is -2.42. The van der Waals surface area contributed by atoms with Crippen molar-refractivity contribution in [2.75, 3.05) is 0 Å². The van der Waals surface area contributed by atoms with Gasteiger partial charge in [0.15, 0.2) is 0 Å². The highest BCUT2D eigenvalue weighted by Crippen LogP contribution is 2.26. The van der Waals surface area contributed by atoms with Crippen molar-refractivity contribution in [1.82, 2.24) is 4.98 Å². The minimum Gasteiger partial charge on any atom is -0.261 e. The molecule has 0 N–H and O–H groups in total. The fraction of sp³-hybridized carbons (Fsp3) is 0.375. The van der Waals surface area contributed by atoms with Crippen LogP contribution in [0.15, 0.2) is 24.4 Å². The van der Waals surface area contributed by atoms with Crippen molar-refractivity contribution in [2.45, 2.75) is 18.9 Å². The van der Waals surface area contributed by atoms with Crippen LogP contribution in [0.1, 0.15) is 12.1 Å². The molecule has 1 heterocycles. The molecule has 13 heavy (non-hydrogen) atoms. The summed E-state index contributed by atoms with van der Waals surface area (Å²) in [5, 5.41) is 0. The molecule has 1 nitrogen and oxygen atoms in total. The van der Waals surface area contributed by atoms with Gasteiger partial charge in [-0.25, -0.2) is 0 Å². The van der Waals surface area contributed by atoms with E-state index in [-0.39, 0.29) is 0 Å². The zero-order valence-electron chi connectivity index (χ0n) is 7.01. The molecule has 0 fully saturated rings. The van der Waals surface area contributed by atoms with Crippen molar-refractivity contribution >= 4 is 39.2 Å². The molecule has 0 saturated heterocycles. The van der Waals surface area contributed by atoms with E-state index in [1.165, 1.54) is 0 Å². The quantitative estimate of drug-likeness (QED) is 0.590. The van der Waals surface area contributed by atoms with Gasteiger partial charge in [0, 0.05) is 11.9 Å². The van der Waals surface area contributed by atoms with E-state index < -0.39 is 6.00 Å². The number of halogens is 3. The van der Waals surface area contributed by atoms with Gasteiger partial charge in [0.05, 0.1) is 0 Å². The van der Waals surface area contributed by atoms with Crippen molar-refractivity contribution in [3.05, 3.63) is 30.1 Å². The molecule has 1 rings (SSSR count). The van der Waals surface area contributed by atoms with Crippen LogP contribution in [0.5, 0.6) is 0 Å². The number of hydrogen-bond donors (Lipinski definition) is 0. The fourth-order valence-corrected chi connectivity index (χ4v) is 2.80. The topological polar surface area (TPSA) is 12.9 Å². The second-order valence-corrected chi connectivity index (χ2v) is 12.1. The summed E-state index contributed by atoms with van der Waals surface area (Å²) < 4.78 is 0. The first-order valence-corrected chi connectivity index (χ1v) is 9.29. The smallest absolute Gasteiger partial charge is 0.261 e. The second kappa shape index (κ2) is 5.20. The SMILES string of the molecule is Cl[Si](Cl)(Cl)CCCc1ccccn1. The molecule has 0 atom stereocenters. The molecular formula is C8H10Cl3NSi. The molecule has 5 heteroatoms. The van der Waals surface area contributed by atoms with E-state index in [0.717, 1.165) is 18.5 Å². The summed E-state index contributed by atoms with van der Waals surface area (Å²) in [4.78, 5) is 4.18. The van der Waals surface area contributed by atoms with Gasteiger partial charge in [0.1, 0.15) is 0 Å². The lowest BCUT2D eigenvalue weighted by molar-refractivity contribution is 0.877. The molecular weight excluding hydrogens is 245 g/mol. The van der Waals surface area contributed by atoms with E-state index in [1.807, 2.05) is 18.2 Å². The third-order valence-electron chi connectivity index (χ3n) is 1.62. The standard InChI is InChI=1S/C8H10Cl3NSi/c9-13(10,11)7-3-5-8-4-1-2-6-12-8/h1-2,4,6H,3,5,7H2. The van der Waals surface area contributed by atoms with Crippen LogP contribution >= 0.6 is 33.2 Å². The normalized spacial score (nSPS) is 11.6. The van der Waals surface area contributed by atoms with Crippen LogP contribution in [0.4, 0.5) is 0 Å². The van der Waals surface area contributed by atoms with E-state index in [0.29, 0.717) is 6.04 Å². The Bertz CT molecular complexity index is 247. The van der Waals surface area contributed by atoms with Gasteiger partial charge in [0.2, 0.25) is 0 Å². The first kappa shape index (κ1) is 11.3. The largest absolute Gasteiger partial charge is 0.341 e. The number of rotatable bonds is 4. The molecule has 1 aromatic rings. The summed E-state index contributed by atoms with van der Waals surface area (Å²) in [6.07, 6.45) is 3.57. The highest BCUT2D eigenvalue weighted by molar-refractivity contribution is 7.64. The maximum atomic E-state index is 5.75. The van der Waals surface area contributed by atoms with Gasteiger partial charge in [-0.3, -0.25) is 4.98 Å². The van der Waals surface area contributed by atoms with Crippen molar-refractivity contribution in [2.24, 2.45) is 0 Å². The molecule has 0 spiro atoms. The summed E-state index contributed by atoms with van der Waals surface area (Å²) in [6.45, 7) is 0. The lowest BCUT2D eigenvalue weighted by Crippen LogP contribution is -2.08. The van der Waals surface area contributed by atoms with E-state index in [2.05, 4.69) is 4.98 Å². The Morgan fingerprint density at radius 2 is 2.00 bits per heavy atom. The number of nitrogens with zero attached hydrogens (tertiary/aromatic N) is 1. The Morgan fingerprint density at radius 1 is 1.23 bits per heavy atom. The second-order valence-electron chi connectivity index (χ2n) is 2.79. The molecule has 0 aromatic carbocycles. The van der Waals surface area contributed by atoms with Crippen molar-refractivity contribution < 1.29 is 0 Å². The van der Waals surface area contributed by atoms with Gasteiger partial charge in [0.25, 0.3) is 0 Å². The maximum Gasteiger partial charge on any atom is 0.341 e. The molecule has 0 radical (unpaired) electrons. The summed E-state index contributed by atoms with van der Waals surface area (Å²) in [5.74, 6) is 0. The molecule has 1 aromatic heterocycles. The lowest BCUT2D eigenvalue weighted by Gasteiger charge is -2.06. The third-order valence-corrected chi connectivity index (χ3v) is 4.24. The Morgan fingerprint density at radius 3 is 2.54 bits per heavy atom. The van der Waals surface area contributed by atoms with Gasteiger partial charge in [-0.05, 0) is 31.0 Å². The van der Waals surface area contributed by atoms with E-state index in [4.69, 9.17) is 33.2 Å². The molecule has 0 aliphatic rings.